The van der Waals surface area contributed by atoms with Gasteiger partial charge in [-0.3, -0.25) is 4.79 Å². The van der Waals surface area contributed by atoms with Crippen LogP contribution in [0.2, 0.25) is 20.2 Å². The zero-order valence-electron chi connectivity index (χ0n) is 48.3. The molecular formula is C59H60Cl4N12O11S3. The van der Waals surface area contributed by atoms with E-state index >= 15 is 0 Å². The van der Waals surface area contributed by atoms with E-state index in [0.29, 0.717) is 71.7 Å². The summed E-state index contributed by atoms with van der Waals surface area (Å²) in [5.74, 6) is 0.383. The van der Waals surface area contributed by atoms with Crippen molar-refractivity contribution in [2.75, 3.05) is 41.0 Å². The van der Waals surface area contributed by atoms with Crippen molar-refractivity contribution in [3.63, 3.8) is 0 Å². The molecule has 89 heavy (non-hydrogen) atoms. The molecule has 0 aliphatic carbocycles. The van der Waals surface area contributed by atoms with Crippen molar-refractivity contribution in [1.82, 2.24) is 27.9 Å². The molecule has 0 bridgehead atoms. The molecule has 9 rings (SSSR count). The monoisotopic (exact) mass is 1350 g/mol. The largest absolute Gasteiger partial charge is 0.497 e. The normalized spacial score (nSPS) is 11.6. The Bertz CT molecular complexity index is 4510. The van der Waals surface area contributed by atoms with Crippen LogP contribution in [0.25, 0.3) is 32.3 Å². The van der Waals surface area contributed by atoms with Gasteiger partial charge in [0.2, 0.25) is 30.1 Å². The van der Waals surface area contributed by atoms with Gasteiger partial charge in [0.25, 0.3) is 0 Å². The number of pyridine rings is 3. The molecule has 9 N–H and O–H groups in total. The van der Waals surface area contributed by atoms with Crippen molar-refractivity contribution in [3.05, 3.63) is 183 Å². The van der Waals surface area contributed by atoms with Crippen LogP contribution in [0.1, 0.15) is 30.5 Å². The molecule has 6 aromatic carbocycles. The van der Waals surface area contributed by atoms with Crippen molar-refractivity contribution < 1.29 is 49.4 Å². The highest BCUT2D eigenvalue weighted by molar-refractivity contribution is 7.89. The number of nitrogens with two attached hydrogens (primary N) is 4. The fourth-order valence-corrected chi connectivity index (χ4v) is 14.1. The maximum absolute atomic E-state index is 13.4. The van der Waals surface area contributed by atoms with Crippen LogP contribution >= 0.6 is 46.4 Å². The molecule has 0 amide bonds. The van der Waals surface area contributed by atoms with Gasteiger partial charge in [-0.25, -0.2) is 40.2 Å². The molecule has 0 saturated carbocycles. The van der Waals surface area contributed by atoms with E-state index in [4.69, 9.17) is 83.5 Å². The van der Waals surface area contributed by atoms with Gasteiger partial charge in [0.1, 0.15) is 28.9 Å². The molecule has 23 nitrogen and oxygen atoms in total. The second-order valence-electron chi connectivity index (χ2n) is 19.0. The number of hydrogen-bond acceptors (Lipinski definition) is 15. The van der Waals surface area contributed by atoms with Crippen LogP contribution in [0.4, 0.5) is 11.6 Å². The minimum absolute atomic E-state index is 0.0824. The number of aliphatic imine (C=N–C) groups is 2. The van der Waals surface area contributed by atoms with Crippen molar-refractivity contribution in [2.24, 2.45) is 32.9 Å². The summed E-state index contributed by atoms with van der Waals surface area (Å²) < 4.78 is 99.0. The number of carbonyl (C=O) groups is 1. The lowest BCUT2D eigenvalue weighted by molar-refractivity contribution is -0.137. The minimum Gasteiger partial charge on any atom is -0.497 e. The van der Waals surface area contributed by atoms with Crippen LogP contribution in [0.15, 0.2) is 171 Å². The number of carboxylic acid groups (broad SMARTS) is 1. The van der Waals surface area contributed by atoms with Gasteiger partial charge in [0.05, 0.1) is 51.1 Å². The van der Waals surface area contributed by atoms with Crippen molar-refractivity contribution in [3.8, 4) is 17.2 Å². The number of carboxylic acids is 1. The zero-order valence-corrected chi connectivity index (χ0v) is 53.7. The SMILES string of the molecule is CCN(Cc1cccc(OC)c1)S(=O)(=O)c1ccc2c(Cl)cnc(Cl)c2c1.CCN(Cc1cccc(OC)c1)S(=O)(=O)c1ccc2c(Cl)cnc(N=C(N)N)c2c1.COc1cccc(CN(CC(=O)O)S(=O)(=O)c2ccc3c(Cl)cnc(N=C(N)N)c3c2)c1. The summed E-state index contributed by atoms with van der Waals surface area (Å²) in [7, 11) is -7.15. The number of benzene rings is 6. The van der Waals surface area contributed by atoms with E-state index in [9.17, 15) is 35.2 Å². The highest BCUT2D eigenvalue weighted by Gasteiger charge is 2.29. The minimum atomic E-state index is -4.23. The van der Waals surface area contributed by atoms with E-state index in [1.165, 1.54) is 76.8 Å². The average molecular weight is 1350 g/mol. The summed E-state index contributed by atoms with van der Waals surface area (Å²) in [6.07, 6.45) is 4.21. The molecule has 3 aromatic heterocycles. The third kappa shape index (κ3) is 16.8. The van der Waals surface area contributed by atoms with Gasteiger partial charge in [-0.2, -0.15) is 22.9 Å². The molecule has 9 aromatic rings. The van der Waals surface area contributed by atoms with Crippen LogP contribution < -0.4 is 37.1 Å². The Labute approximate surface area is 534 Å². The first-order valence-electron chi connectivity index (χ1n) is 26.4. The second-order valence-corrected chi connectivity index (χ2v) is 26.4. The molecule has 0 aliphatic heterocycles. The van der Waals surface area contributed by atoms with Gasteiger partial charge >= 0.3 is 5.97 Å². The van der Waals surface area contributed by atoms with Crippen LogP contribution in [0.3, 0.4) is 0 Å². The highest BCUT2D eigenvalue weighted by Crippen LogP contribution is 2.36. The molecule has 0 aliphatic rings. The number of nitrogens with zero attached hydrogens (tertiary/aromatic N) is 8. The first kappa shape index (κ1) is 68.3. The molecule has 0 unspecified atom stereocenters. The van der Waals surface area contributed by atoms with Gasteiger partial charge in [-0.15, -0.1) is 0 Å². The Morgan fingerprint density at radius 1 is 0.472 bits per heavy atom. The first-order chi connectivity index (χ1) is 42.2. The standard InChI is InChI=1S/C20H20ClN5O5S.C20H22ClN5O3S.C19H18Cl2N2O3S/c1-31-13-4-2-3-12(7-13)10-26(11-18(27)28)32(29,30)14-5-6-15-16(8-14)19(25-20(22)23)24-9-17(15)21;1-3-26(12-13-5-4-6-14(9-13)29-2)30(27,28)15-7-8-16-17(10-15)19(25-20(22)23)24-11-18(16)21;1-3-23(12-13-5-4-6-14(9-13)26-2)27(24,25)15-7-8-16-17(10-15)19(21)22-11-18(16)20/h2-9H,10-11H2,1H3,(H,27,28)(H4,22,23,24,25);4-11H,3,12H2,1-2H3,(H4,22,23,24,25);4-11H,3,12H2,1-2H3. The third-order valence-corrected chi connectivity index (χ3v) is 20.0. The maximum atomic E-state index is 13.4. The number of rotatable bonds is 21. The van der Waals surface area contributed by atoms with Gasteiger partial charge in [-0.05, 0) is 89.5 Å². The Balaban J connectivity index is 0.000000191. The fourth-order valence-electron chi connectivity index (χ4n) is 8.89. The second kappa shape index (κ2) is 29.9. The summed E-state index contributed by atoms with van der Waals surface area (Å²) in [6.45, 7) is 3.68. The fraction of sp³-hybridized carbons (Fsp3) is 0.186. The number of aromatic nitrogens is 3. The summed E-state index contributed by atoms with van der Waals surface area (Å²) in [4.78, 5) is 31.6. The lowest BCUT2D eigenvalue weighted by atomic mass is 10.1. The molecule has 3 heterocycles. The highest BCUT2D eigenvalue weighted by atomic mass is 35.5. The van der Waals surface area contributed by atoms with E-state index in [1.807, 2.05) is 36.4 Å². The van der Waals surface area contributed by atoms with Gasteiger partial charge in [-0.1, -0.05) is 115 Å². The summed E-state index contributed by atoms with van der Waals surface area (Å²) in [5.41, 5.74) is 24.0. The number of fused-ring (bicyclic) bond motifs is 3. The average Bonchev–Trinajstić information content (AvgIpc) is 0.897. The molecule has 0 saturated heterocycles. The predicted octanol–water partition coefficient (Wildman–Crippen LogP) is 9.85. The number of guanidine groups is 2. The number of methoxy groups -OCH3 is 3. The molecular weight excluding hydrogens is 1290 g/mol. The van der Waals surface area contributed by atoms with Gasteiger partial charge in [0.15, 0.2) is 23.6 Å². The van der Waals surface area contributed by atoms with Crippen LogP contribution in [0, 0.1) is 0 Å². The molecule has 30 heteroatoms. The third-order valence-electron chi connectivity index (χ3n) is 13.2. The molecule has 468 valence electrons. The molecule has 0 radical (unpaired) electrons. The Hall–Kier alpha value is -8.15. The van der Waals surface area contributed by atoms with E-state index in [2.05, 4.69) is 24.9 Å². The Morgan fingerprint density at radius 3 is 1.13 bits per heavy atom. The predicted molar refractivity (Wildman–Crippen MR) is 347 cm³/mol. The first-order valence-corrected chi connectivity index (χ1v) is 32.3. The summed E-state index contributed by atoms with van der Waals surface area (Å²) >= 11 is 24.7. The quantitative estimate of drug-likeness (QED) is 0.0254. The molecule has 0 atom stereocenters. The van der Waals surface area contributed by atoms with Crippen LogP contribution in [-0.2, 0) is 54.5 Å². The van der Waals surface area contributed by atoms with Crippen molar-refractivity contribution in [1.29, 1.82) is 0 Å². The van der Waals surface area contributed by atoms with Crippen molar-refractivity contribution >= 4 is 138 Å². The number of ether oxygens (including phenoxy) is 3. The van der Waals surface area contributed by atoms with E-state index in [0.717, 1.165) is 15.4 Å². The molecule has 0 spiro atoms. The lowest BCUT2D eigenvalue weighted by Gasteiger charge is -2.21. The topological polar surface area (TPSA) is 345 Å². The number of hydrogen-bond donors (Lipinski definition) is 5. The van der Waals surface area contributed by atoms with Crippen LogP contribution in [0.5, 0.6) is 17.2 Å². The summed E-state index contributed by atoms with van der Waals surface area (Å²) in [5, 5.41) is 13.6. The van der Waals surface area contributed by atoms with E-state index in [-0.39, 0.29) is 74.6 Å². The molecule has 0 fully saturated rings. The van der Waals surface area contributed by atoms with Crippen LogP contribution in [-0.4, -0.2) is 117 Å². The Morgan fingerprint density at radius 2 is 0.798 bits per heavy atom. The number of halogens is 4. The number of sulfonamides is 3. The maximum Gasteiger partial charge on any atom is 0.318 e. The van der Waals surface area contributed by atoms with Crippen molar-refractivity contribution in [2.45, 2.75) is 48.2 Å². The van der Waals surface area contributed by atoms with E-state index in [1.54, 1.807) is 76.6 Å². The summed E-state index contributed by atoms with van der Waals surface area (Å²) in [6, 6.07) is 34.8. The zero-order chi connectivity index (χ0) is 65.0. The van der Waals surface area contributed by atoms with E-state index < -0.39 is 42.6 Å². The van der Waals surface area contributed by atoms with Gasteiger partial charge < -0.3 is 42.3 Å². The number of aliphatic carboxylic acids is 1. The Kier molecular flexibility index (Phi) is 23.0. The smallest absolute Gasteiger partial charge is 0.318 e. The lowest BCUT2D eigenvalue weighted by Crippen LogP contribution is -2.35. The van der Waals surface area contributed by atoms with Gasteiger partial charge in [0, 0.05) is 83.6 Å².